The molecule has 1 N–H and O–H groups in total. The van der Waals surface area contributed by atoms with Crippen LogP contribution in [0.4, 0.5) is 11.5 Å². The molecule has 1 aromatic heterocycles. The fraction of sp³-hybridized carbons (Fsp3) is 0.556. The van der Waals surface area contributed by atoms with Crippen molar-refractivity contribution in [2.24, 2.45) is 5.92 Å². The number of carbonyl (C=O) groups is 1. The molecule has 2 fully saturated rings. The van der Waals surface area contributed by atoms with Crippen molar-refractivity contribution in [1.29, 1.82) is 0 Å². The number of hydrogen-bond donors (Lipinski definition) is 1. The van der Waals surface area contributed by atoms with Crippen molar-refractivity contribution < 1.29 is 4.79 Å². The van der Waals surface area contributed by atoms with Gasteiger partial charge >= 0.3 is 0 Å². The number of carbonyl (C=O) groups excluding carboxylic acids is 1. The average molecular weight is 450 g/mol. The highest BCUT2D eigenvalue weighted by atomic mass is 16.2. The second-order valence-electron chi connectivity index (χ2n) is 9.96. The number of amides is 1. The highest BCUT2D eigenvalue weighted by Crippen LogP contribution is 2.27. The molecule has 0 spiro atoms. The van der Waals surface area contributed by atoms with Gasteiger partial charge < -0.3 is 10.2 Å². The number of hydrogen-bond acceptors (Lipinski definition) is 5. The molecule has 3 heterocycles. The number of aromatic nitrogens is 1. The molecule has 2 aliphatic heterocycles. The number of piperazine rings is 1. The summed E-state index contributed by atoms with van der Waals surface area (Å²) >= 11 is 0. The van der Waals surface area contributed by atoms with Crippen molar-refractivity contribution in [3.8, 4) is 0 Å². The van der Waals surface area contributed by atoms with E-state index < -0.39 is 0 Å². The van der Waals surface area contributed by atoms with Gasteiger partial charge in [0.2, 0.25) is 5.91 Å². The van der Waals surface area contributed by atoms with Gasteiger partial charge in [0.1, 0.15) is 5.82 Å². The Bertz CT molecular complexity index is 908. The number of nitrogens with one attached hydrogen (secondary N) is 1. The zero-order chi connectivity index (χ0) is 23.2. The number of para-hydroxylation sites is 1. The van der Waals surface area contributed by atoms with Crippen LogP contribution in [0, 0.1) is 12.8 Å². The van der Waals surface area contributed by atoms with Gasteiger partial charge in [0.05, 0.1) is 6.54 Å². The van der Waals surface area contributed by atoms with E-state index >= 15 is 0 Å². The molecule has 1 atom stereocenters. The Morgan fingerprint density at radius 2 is 1.88 bits per heavy atom. The maximum atomic E-state index is 12.9. The Labute approximate surface area is 199 Å². The largest absolute Gasteiger partial charge is 0.354 e. The van der Waals surface area contributed by atoms with E-state index in [1.54, 1.807) is 0 Å². The average Bonchev–Trinajstić information content (AvgIpc) is 2.81. The Hall–Kier alpha value is -2.44. The molecule has 2 saturated heterocycles. The van der Waals surface area contributed by atoms with Crippen LogP contribution in [0.1, 0.15) is 43.7 Å². The normalized spacial score (nSPS) is 20.2. The molecule has 0 saturated carbocycles. The van der Waals surface area contributed by atoms with Crippen molar-refractivity contribution in [3.05, 3.63) is 53.7 Å². The lowest BCUT2D eigenvalue weighted by molar-refractivity contribution is -0.117. The summed E-state index contributed by atoms with van der Waals surface area (Å²) in [6.07, 6.45) is 4.30. The number of anilines is 2. The van der Waals surface area contributed by atoms with Gasteiger partial charge in [0.15, 0.2) is 0 Å². The number of nitrogens with zero attached hydrogens (tertiary/aromatic N) is 4. The van der Waals surface area contributed by atoms with Crippen LogP contribution >= 0.6 is 0 Å². The van der Waals surface area contributed by atoms with Crippen molar-refractivity contribution in [2.45, 2.75) is 39.5 Å². The Morgan fingerprint density at radius 3 is 2.61 bits per heavy atom. The van der Waals surface area contributed by atoms with Crippen LogP contribution in [-0.2, 0) is 4.79 Å². The van der Waals surface area contributed by atoms with E-state index in [1.807, 2.05) is 12.3 Å². The number of rotatable bonds is 7. The molecule has 0 radical (unpaired) electrons. The van der Waals surface area contributed by atoms with E-state index in [2.05, 4.69) is 76.1 Å². The number of aryl methyl sites for hydroxylation is 1. The SMILES string of the molecule is Cc1cccc(C(C)C)c1NC(=O)CN1CCCC(CN2CCN(c3ccccn3)CC2)C1. The molecule has 2 aromatic rings. The molecule has 178 valence electrons. The first-order valence-electron chi connectivity index (χ1n) is 12.5. The van der Waals surface area contributed by atoms with Gasteiger partial charge in [0.25, 0.3) is 0 Å². The summed E-state index contributed by atoms with van der Waals surface area (Å²) in [4.78, 5) is 24.7. The van der Waals surface area contributed by atoms with Crippen LogP contribution in [0.25, 0.3) is 0 Å². The lowest BCUT2D eigenvalue weighted by Crippen LogP contribution is -2.50. The van der Waals surface area contributed by atoms with Crippen LogP contribution < -0.4 is 10.2 Å². The third-order valence-electron chi connectivity index (χ3n) is 7.02. The molecule has 0 aliphatic carbocycles. The van der Waals surface area contributed by atoms with Crippen LogP contribution in [-0.4, -0.2) is 73.0 Å². The molecular formula is C27H39N5O. The van der Waals surface area contributed by atoms with E-state index in [4.69, 9.17) is 0 Å². The quantitative estimate of drug-likeness (QED) is 0.693. The summed E-state index contributed by atoms with van der Waals surface area (Å²) in [7, 11) is 0. The van der Waals surface area contributed by atoms with Crippen molar-refractivity contribution in [1.82, 2.24) is 14.8 Å². The number of piperidine rings is 1. The first-order chi connectivity index (χ1) is 16.0. The monoisotopic (exact) mass is 449 g/mol. The van der Waals surface area contributed by atoms with Crippen molar-refractivity contribution in [2.75, 3.05) is 62.6 Å². The second kappa shape index (κ2) is 11.1. The predicted octanol–water partition coefficient (Wildman–Crippen LogP) is 3.99. The summed E-state index contributed by atoms with van der Waals surface area (Å²) in [5, 5.41) is 3.22. The number of pyridine rings is 1. The standard InChI is InChI=1S/C27H39N5O/c1-21(2)24-10-6-8-22(3)27(24)29-26(33)20-31-13-7-9-23(19-31)18-30-14-16-32(17-15-30)25-11-4-5-12-28-25/h4-6,8,10-12,21,23H,7,9,13-20H2,1-3H3,(H,29,33). The number of benzene rings is 1. The summed E-state index contributed by atoms with van der Waals surface area (Å²) < 4.78 is 0. The van der Waals surface area contributed by atoms with E-state index in [0.29, 0.717) is 18.4 Å². The maximum Gasteiger partial charge on any atom is 0.238 e. The smallest absolute Gasteiger partial charge is 0.238 e. The van der Waals surface area contributed by atoms with Gasteiger partial charge in [-0.3, -0.25) is 14.6 Å². The first kappa shape index (κ1) is 23.7. The first-order valence-corrected chi connectivity index (χ1v) is 12.5. The summed E-state index contributed by atoms with van der Waals surface area (Å²) in [6.45, 7) is 14.3. The summed E-state index contributed by atoms with van der Waals surface area (Å²) in [6, 6.07) is 12.4. The highest BCUT2D eigenvalue weighted by molar-refractivity contribution is 5.94. The van der Waals surface area contributed by atoms with Crippen LogP contribution in [0.5, 0.6) is 0 Å². The zero-order valence-electron chi connectivity index (χ0n) is 20.5. The van der Waals surface area contributed by atoms with E-state index in [0.717, 1.165) is 62.9 Å². The second-order valence-corrected chi connectivity index (χ2v) is 9.96. The Morgan fingerprint density at radius 1 is 1.06 bits per heavy atom. The molecule has 33 heavy (non-hydrogen) atoms. The topological polar surface area (TPSA) is 51.7 Å². The van der Waals surface area contributed by atoms with Gasteiger partial charge in [0, 0.05) is 51.2 Å². The number of likely N-dealkylation sites (tertiary alicyclic amines) is 1. The van der Waals surface area contributed by atoms with Crippen LogP contribution in [0.3, 0.4) is 0 Å². The minimum atomic E-state index is 0.107. The fourth-order valence-electron chi connectivity index (χ4n) is 5.23. The third-order valence-corrected chi connectivity index (χ3v) is 7.02. The molecular weight excluding hydrogens is 410 g/mol. The lowest BCUT2D eigenvalue weighted by Gasteiger charge is -2.39. The fourth-order valence-corrected chi connectivity index (χ4v) is 5.23. The molecule has 4 rings (SSSR count). The van der Waals surface area contributed by atoms with E-state index in [-0.39, 0.29) is 5.91 Å². The van der Waals surface area contributed by atoms with E-state index in [1.165, 1.54) is 18.4 Å². The van der Waals surface area contributed by atoms with E-state index in [9.17, 15) is 4.79 Å². The summed E-state index contributed by atoms with van der Waals surface area (Å²) in [5.74, 6) is 2.22. The van der Waals surface area contributed by atoms with Gasteiger partial charge in [-0.2, -0.15) is 0 Å². The Balaban J connectivity index is 1.25. The molecule has 1 unspecified atom stereocenters. The third kappa shape index (κ3) is 6.33. The van der Waals surface area contributed by atoms with Crippen molar-refractivity contribution in [3.63, 3.8) is 0 Å². The molecule has 0 bridgehead atoms. The van der Waals surface area contributed by atoms with Crippen molar-refractivity contribution >= 4 is 17.4 Å². The predicted molar refractivity (Wildman–Crippen MR) is 136 cm³/mol. The molecule has 1 amide bonds. The minimum Gasteiger partial charge on any atom is -0.354 e. The minimum absolute atomic E-state index is 0.107. The van der Waals surface area contributed by atoms with Gasteiger partial charge in [-0.1, -0.05) is 38.1 Å². The molecule has 6 heteroatoms. The highest BCUT2D eigenvalue weighted by Gasteiger charge is 2.26. The molecule has 6 nitrogen and oxygen atoms in total. The van der Waals surface area contributed by atoms with Gasteiger partial charge in [-0.15, -0.1) is 0 Å². The maximum absolute atomic E-state index is 12.9. The summed E-state index contributed by atoms with van der Waals surface area (Å²) in [5.41, 5.74) is 3.34. The van der Waals surface area contributed by atoms with Crippen LogP contribution in [0.15, 0.2) is 42.6 Å². The van der Waals surface area contributed by atoms with Gasteiger partial charge in [-0.05, 0) is 61.4 Å². The molecule has 1 aromatic carbocycles. The van der Waals surface area contributed by atoms with Crippen LogP contribution in [0.2, 0.25) is 0 Å². The molecule has 2 aliphatic rings. The zero-order valence-corrected chi connectivity index (χ0v) is 20.5. The Kier molecular flexibility index (Phi) is 7.99. The van der Waals surface area contributed by atoms with Gasteiger partial charge in [-0.25, -0.2) is 4.98 Å². The lowest BCUT2D eigenvalue weighted by atomic mass is 9.96.